The van der Waals surface area contributed by atoms with Crippen LogP contribution in [0.15, 0.2) is 0 Å². The van der Waals surface area contributed by atoms with Gasteiger partial charge in [-0.3, -0.25) is 0 Å². The number of ether oxygens (including phenoxy) is 1. The molecule has 92 valence electrons. The van der Waals surface area contributed by atoms with Gasteiger partial charge >= 0.3 is 0 Å². The first-order chi connectivity index (χ1) is 6.69. The molecular formula is C9H21NO4S. The van der Waals surface area contributed by atoms with E-state index >= 15 is 0 Å². The lowest BCUT2D eigenvalue weighted by atomic mass is 10.1. The van der Waals surface area contributed by atoms with Crippen LogP contribution in [0, 0.1) is 0 Å². The number of aliphatic hydroxyl groups is 1. The van der Waals surface area contributed by atoms with E-state index in [1.165, 1.54) is 18.5 Å². The van der Waals surface area contributed by atoms with Crippen LogP contribution in [-0.4, -0.2) is 56.5 Å². The van der Waals surface area contributed by atoms with Crippen molar-refractivity contribution in [2.24, 2.45) is 0 Å². The maximum Gasteiger partial charge on any atom is 0.214 e. The molecule has 0 saturated carbocycles. The molecule has 0 radical (unpaired) electrons. The molecule has 0 saturated heterocycles. The van der Waals surface area contributed by atoms with E-state index in [4.69, 9.17) is 4.74 Å². The molecule has 0 aromatic carbocycles. The Morgan fingerprint density at radius 2 is 1.93 bits per heavy atom. The predicted octanol–water partition coefficient (Wildman–Crippen LogP) is 0.0554. The zero-order chi connectivity index (χ0) is 12.1. The zero-order valence-electron chi connectivity index (χ0n) is 9.86. The molecule has 0 atom stereocenters. The molecule has 0 unspecified atom stereocenters. The van der Waals surface area contributed by atoms with Gasteiger partial charge in [0.05, 0.1) is 11.4 Å². The molecule has 0 rings (SSSR count). The molecule has 6 heteroatoms. The Labute approximate surface area is 92.1 Å². The van der Waals surface area contributed by atoms with Crippen molar-refractivity contribution in [3.05, 3.63) is 0 Å². The van der Waals surface area contributed by atoms with Crippen LogP contribution in [0.25, 0.3) is 0 Å². The molecule has 0 spiro atoms. The second-order valence-corrected chi connectivity index (χ2v) is 6.43. The fourth-order valence-electron chi connectivity index (χ4n) is 1.18. The van der Waals surface area contributed by atoms with Gasteiger partial charge in [-0.25, -0.2) is 12.7 Å². The van der Waals surface area contributed by atoms with Gasteiger partial charge in [-0.15, -0.1) is 0 Å². The van der Waals surface area contributed by atoms with Gasteiger partial charge in [0.15, 0.2) is 0 Å². The molecule has 0 amide bonds. The van der Waals surface area contributed by atoms with E-state index in [0.29, 0.717) is 13.0 Å². The summed E-state index contributed by atoms with van der Waals surface area (Å²) in [4.78, 5) is 0. The Bertz CT molecular complexity index is 268. The van der Waals surface area contributed by atoms with E-state index in [1.54, 1.807) is 13.8 Å². The van der Waals surface area contributed by atoms with Crippen molar-refractivity contribution < 1.29 is 18.3 Å². The van der Waals surface area contributed by atoms with E-state index in [0.717, 1.165) is 0 Å². The highest BCUT2D eigenvalue weighted by atomic mass is 32.2. The van der Waals surface area contributed by atoms with Gasteiger partial charge in [0.1, 0.15) is 0 Å². The highest BCUT2D eigenvalue weighted by Crippen LogP contribution is 2.08. The topological polar surface area (TPSA) is 66.8 Å². The maximum absolute atomic E-state index is 11.6. The molecule has 0 fully saturated rings. The third kappa shape index (κ3) is 6.83. The summed E-state index contributed by atoms with van der Waals surface area (Å²) in [6.07, 6.45) is 0.467. The molecule has 0 aromatic rings. The van der Waals surface area contributed by atoms with Crippen LogP contribution in [0.5, 0.6) is 0 Å². The van der Waals surface area contributed by atoms with E-state index in [1.807, 2.05) is 0 Å². The van der Waals surface area contributed by atoms with Crippen molar-refractivity contribution in [1.82, 2.24) is 4.31 Å². The van der Waals surface area contributed by atoms with Gasteiger partial charge in [0.2, 0.25) is 10.0 Å². The van der Waals surface area contributed by atoms with E-state index < -0.39 is 15.6 Å². The average molecular weight is 239 g/mol. The average Bonchev–Trinajstić information content (AvgIpc) is 2.01. The number of likely N-dealkylation sites (N-methyl/N-ethyl adjacent to an activating group) is 1. The Kier molecular flexibility index (Phi) is 5.72. The Morgan fingerprint density at radius 1 is 1.40 bits per heavy atom. The first-order valence-electron chi connectivity index (χ1n) is 4.84. The molecule has 0 aliphatic carbocycles. The van der Waals surface area contributed by atoms with Crippen molar-refractivity contribution in [2.75, 3.05) is 33.1 Å². The molecule has 0 bridgehead atoms. The van der Waals surface area contributed by atoms with Gasteiger partial charge < -0.3 is 9.84 Å². The number of hydrogen-bond donors (Lipinski definition) is 1. The molecule has 0 aliphatic heterocycles. The predicted molar refractivity (Wildman–Crippen MR) is 59.2 cm³/mol. The minimum absolute atomic E-state index is 0.0490. The number of hydrogen-bond acceptors (Lipinski definition) is 4. The van der Waals surface area contributed by atoms with Crippen LogP contribution >= 0.6 is 0 Å². The second kappa shape index (κ2) is 5.79. The smallest absolute Gasteiger partial charge is 0.214 e. The van der Waals surface area contributed by atoms with Crippen molar-refractivity contribution in [3.8, 4) is 0 Å². The lowest BCUT2D eigenvalue weighted by molar-refractivity contribution is 0.0639. The Morgan fingerprint density at radius 3 is 2.33 bits per heavy atom. The number of sulfonamides is 1. The monoisotopic (exact) mass is 239 g/mol. The summed E-state index contributed by atoms with van der Waals surface area (Å²) in [5.41, 5.74) is -1.01. The van der Waals surface area contributed by atoms with Crippen molar-refractivity contribution >= 4 is 10.0 Å². The third-order valence-electron chi connectivity index (χ3n) is 1.84. The van der Waals surface area contributed by atoms with Gasteiger partial charge in [0, 0.05) is 27.3 Å². The Balaban J connectivity index is 4.21. The first-order valence-corrected chi connectivity index (χ1v) is 6.45. The van der Waals surface area contributed by atoms with Crippen LogP contribution in [0.2, 0.25) is 0 Å². The van der Waals surface area contributed by atoms with Gasteiger partial charge in [-0.05, 0) is 20.3 Å². The molecule has 0 aliphatic rings. The summed E-state index contributed by atoms with van der Waals surface area (Å²) in [6.45, 7) is 3.68. The standard InChI is InChI=1S/C9H21NO4S/c1-9(2,11)8-10(3)15(12,13)7-5-6-14-4/h11H,5-8H2,1-4H3. The van der Waals surface area contributed by atoms with Crippen molar-refractivity contribution in [2.45, 2.75) is 25.9 Å². The van der Waals surface area contributed by atoms with Crippen molar-refractivity contribution in [1.29, 1.82) is 0 Å². The van der Waals surface area contributed by atoms with Crippen LogP contribution in [-0.2, 0) is 14.8 Å². The normalized spacial score (nSPS) is 13.5. The summed E-state index contributed by atoms with van der Waals surface area (Å²) in [7, 11) is -0.265. The quantitative estimate of drug-likeness (QED) is 0.638. The van der Waals surface area contributed by atoms with Gasteiger partial charge in [0.25, 0.3) is 0 Å². The van der Waals surface area contributed by atoms with E-state index in [-0.39, 0.29) is 12.3 Å². The summed E-state index contributed by atoms with van der Waals surface area (Å²) >= 11 is 0. The summed E-state index contributed by atoms with van der Waals surface area (Å²) in [5, 5.41) is 9.49. The molecular weight excluding hydrogens is 218 g/mol. The zero-order valence-corrected chi connectivity index (χ0v) is 10.7. The number of rotatable bonds is 7. The molecule has 5 nitrogen and oxygen atoms in total. The number of nitrogens with zero attached hydrogens (tertiary/aromatic N) is 1. The lowest BCUT2D eigenvalue weighted by Gasteiger charge is -2.24. The number of methoxy groups -OCH3 is 1. The fraction of sp³-hybridized carbons (Fsp3) is 1.00. The SMILES string of the molecule is COCCCS(=O)(=O)N(C)CC(C)(C)O. The maximum atomic E-state index is 11.6. The third-order valence-corrected chi connectivity index (χ3v) is 3.72. The van der Waals surface area contributed by atoms with E-state index in [9.17, 15) is 13.5 Å². The largest absolute Gasteiger partial charge is 0.389 e. The minimum Gasteiger partial charge on any atom is -0.389 e. The highest BCUT2D eigenvalue weighted by Gasteiger charge is 2.24. The fourth-order valence-corrected chi connectivity index (χ4v) is 2.49. The second-order valence-electron chi connectivity index (χ2n) is 4.23. The van der Waals surface area contributed by atoms with E-state index in [2.05, 4.69) is 0 Å². The Hall–Kier alpha value is -0.170. The molecule has 0 heterocycles. The van der Waals surface area contributed by atoms with Crippen LogP contribution in [0.4, 0.5) is 0 Å². The van der Waals surface area contributed by atoms with Crippen LogP contribution < -0.4 is 0 Å². The highest BCUT2D eigenvalue weighted by molar-refractivity contribution is 7.89. The van der Waals surface area contributed by atoms with Crippen LogP contribution in [0.3, 0.4) is 0 Å². The molecule has 15 heavy (non-hydrogen) atoms. The molecule has 1 N–H and O–H groups in total. The summed E-state index contributed by atoms with van der Waals surface area (Å²) < 4.78 is 29.3. The summed E-state index contributed by atoms with van der Waals surface area (Å²) in [5.74, 6) is 0.0490. The van der Waals surface area contributed by atoms with Gasteiger partial charge in [-0.1, -0.05) is 0 Å². The first kappa shape index (κ1) is 14.8. The van der Waals surface area contributed by atoms with Crippen molar-refractivity contribution in [3.63, 3.8) is 0 Å². The molecule has 0 aromatic heterocycles. The lowest BCUT2D eigenvalue weighted by Crippen LogP contribution is -2.40. The summed E-state index contributed by atoms with van der Waals surface area (Å²) in [6, 6.07) is 0. The van der Waals surface area contributed by atoms with Gasteiger partial charge in [-0.2, -0.15) is 0 Å². The van der Waals surface area contributed by atoms with Crippen LogP contribution in [0.1, 0.15) is 20.3 Å². The minimum atomic E-state index is -3.27.